The van der Waals surface area contributed by atoms with Crippen LogP contribution in [-0.2, 0) is 0 Å². The fourth-order valence-electron chi connectivity index (χ4n) is 2.23. The summed E-state index contributed by atoms with van der Waals surface area (Å²) in [5, 5.41) is 2.70. The molecule has 0 saturated carbocycles. The van der Waals surface area contributed by atoms with Crippen LogP contribution >= 0.6 is 23.2 Å². The number of benzene rings is 1. The van der Waals surface area contributed by atoms with Crippen LogP contribution in [0.3, 0.4) is 0 Å². The number of rotatable bonds is 2. The van der Waals surface area contributed by atoms with Crippen molar-refractivity contribution in [3.8, 4) is 0 Å². The summed E-state index contributed by atoms with van der Waals surface area (Å²) in [4.78, 5) is 27.3. The van der Waals surface area contributed by atoms with Gasteiger partial charge in [0, 0.05) is 32.7 Å². The molecule has 0 atom stereocenters. The van der Waals surface area contributed by atoms with Gasteiger partial charge in [0.25, 0.3) is 5.91 Å². The zero-order chi connectivity index (χ0) is 16.3. The van der Waals surface area contributed by atoms with Gasteiger partial charge in [-0.05, 0) is 19.1 Å². The lowest BCUT2D eigenvalue weighted by Crippen LogP contribution is -2.53. The Hall–Kier alpha value is -1.53. The molecule has 0 spiro atoms. The van der Waals surface area contributed by atoms with E-state index in [2.05, 4.69) is 5.32 Å². The minimum atomic E-state index is -0.685. The first kappa shape index (κ1) is 16.8. The molecule has 0 aromatic heterocycles. The summed E-state index contributed by atoms with van der Waals surface area (Å²) < 4.78 is 13.5. The molecule has 22 heavy (non-hydrogen) atoms. The molecule has 1 heterocycles. The molecule has 1 aromatic rings. The van der Waals surface area contributed by atoms with Crippen molar-refractivity contribution in [2.24, 2.45) is 0 Å². The first-order valence-corrected chi connectivity index (χ1v) is 7.66. The number of hydrogen-bond acceptors (Lipinski definition) is 2. The zero-order valence-corrected chi connectivity index (χ0v) is 13.5. The molecule has 8 heteroatoms. The Morgan fingerprint density at radius 1 is 1.14 bits per heavy atom. The van der Waals surface area contributed by atoms with Crippen molar-refractivity contribution in [2.75, 3.05) is 32.7 Å². The number of nitrogens with zero attached hydrogens (tertiary/aromatic N) is 2. The quantitative estimate of drug-likeness (QED) is 0.836. The summed E-state index contributed by atoms with van der Waals surface area (Å²) in [6.07, 6.45) is 0. The number of carbonyl (C=O) groups excluding carboxylic acids is 2. The molecule has 3 amide bonds. The molecule has 5 nitrogen and oxygen atoms in total. The third-order valence-corrected chi connectivity index (χ3v) is 4.02. The van der Waals surface area contributed by atoms with Crippen molar-refractivity contribution >= 4 is 35.1 Å². The summed E-state index contributed by atoms with van der Waals surface area (Å²) in [5.41, 5.74) is 0.0787. The Morgan fingerprint density at radius 2 is 1.73 bits per heavy atom. The van der Waals surface area contributed by atoms with E-state index in [-0.39, 0.29) is 27.5 Å². The number of amides is 3. The van der Waals surface area contributed by atoms with E-state index in [1.165, 1.54) is 6.07 Å². The normalized spacial score (nSPS) is 14.9. The monoisotopic (exact) mass is 347 g/mol. The number of carbonyl (C=O) groups is 2. The van der Waals surface area contributed by atoms with Gasteiger partial charge >= 0.3 is 6.03 Å². The molecule has 0 unspecified atom stereocenters. The highest BCUT2D eigenvalue weighted by molar-refractivity contribution is 6.36. The Balaban J connectivity index is 2.04. The van der Waals surface area contributed by atoms with Crippen LogP contribution in [0.15, 0.2) is 12.1 Å². The van der Waals surface area contributed by atoms with E-state index in [1.54, 1.807) is 9.80 Å². The van der Waals surface area contributed by atoms with Crippen molar-refractivity contribution in [1.82, 2.24) is 15.1 Å². The number of halogens is 3. The highest BCUT2D eigenvalue weighted by Gasteiger charge is 2.26. The van der Waals surface area contributed by atoms with Crippen molar-refractivity contribution in [2.45, 2.75) is 6.92 Å². The maximum Gasteiger partial charge on any atom is 0.317 e. The zero-order valence-electron chi connectivity index (χ0n) is 12.0. The molecule has 120 valence electrons. The molecule has 1 aromatic carbocycles. The molecular formula is C14H16Cl2FN3O2. The molecule has 2 rings (SSSR count). The average Bonchev–Trinajstić information content (AvgIpc) is 2.50. The van der Waals surface area contributed by atoms with Gasteiger partial charge in [0.05, 0.1) is 15.6 Å². The smallest absolute Gasteiger partial charge is 0.317 e. The van der Waals surface area contributed by atoms with Crippen LogP contribution < -0.4 is 5.32 Å². The van der Waals surface area contributed by atoms with Crippen LogP contribution in [0.2, 0.25) is 10.0 Å². The average molecular weight is 348 g/mol. The predicted molar refractivity (Wildman–Crippen MR) is 83.0 cm³/mol. The van der Waals surface area contributed by atoms with Crippen LogP contribution in [-0.4, -0.2) is 54.5 Å². The Labute approximate surface area is 138 Å². The van der Waals surface area contributed by atoms with Crippen molar-refractivity contribution in [1.29, 1.82) is 0 Å². The van der Waals surface area contributed by atoms with Gasteiger partial charge in [-0.2, -0.15) is 0 Å². The first-order chi connectivity index (χ1) is 10.4. The van der Waals surface area contributed by atoms with Crippen LogP contribution in [0, 0.1) is 5.82 Å². The van der Waals surface area contributed by atoms with Crippen molar-refractivity contribution < 1.29 is 14.0 Å². The number of piperazine rings is 1. The number of nitrogens with one attached hydrogen (secondary N) is 1. The third kappa shape index (κ3) is 3.62. The van der Waals surface area contributed by atoms with E-state index >= 15 is 0 Å². The van der Waals surface area contributed by atoms with E-state index in [0.29, 0.717) is 32.7 Å². The molecule has 1 fully saturated rings. The minimum Gasteiger partial charge on any atom is -0.338 e. The second-order valence-corrected chi connectivity index (χ2v) is 5.68. The second kappa shape index (κ2) is 7.15. The lowest BCUT2D eigenvalue weighted by Gasteiger charge is -2.34. The van der Waals surface area contributed by atoms with Gasteiger partial charge in [0.15, 0.2) is 0 Å². The molecule has 0 radical (unpaired) electrons. The standard InChI is InChI=1S/C14H16Cl2FN3O2/c1-2-18-14(22)20-5-3-19(4-6-20)13(21)9-7-12(17)11(16)8-10(9)15/h7-8H,2-6H2,1H3,(H,18,22). The molecule has 1 N–H and O–H groups in total. The first-order valence-electron chi connectivity index (χ1n) is 6.90. The highest BCUT2D eigenvalue weighted by atomic mass is 35.5. The summed E-state index contributed by atoms with van der Waals surface area (Å²) in [5.74, 6) is -1.05. The van der Waals surface area contributed by atoms with Gasteiger partial charge in [-0.1, -0.05) is 23.2 Å². The van der Waals surface area contributed by atoms with Gasteiger partial charge in [-0.25, -0.2) is 9.18 Å². The van der Waals surface area contributed by atoms with E-state index < -0.39 is 5.82 Å². The number of hydrogen-bond donors (Lipinski definition) is 1. The van der Waals surface area contributed by atoms with Gasteiger partial charge < -0.3 is 15.1 Å². The molecule has 1 aliphatic heterocycles. The fraction of sp³-hybridized carbons (Fsp3) is 0.429. The second-order valence-electron chi connectivity index (χ2n) is 4.86. The molecular weight excluding hydrogens is 332 g/mol. The number of urea groups is 1. The van der Waals surface area contributed by atoms with Crippen LogP contribution in [0.5, 0.6) is 0 Å². The maximum absolute atomic E-state index is 13.5. The van der Waals surface area contributed by atoms with Crippen LogP contribution in [0.1, 0.15) is 17.3 Å². The van der Waals surface area contributed by atoms with Crippen LogP contribution in [0.25, 0.3) is 0 Å². The van der Waals surface area contributed by atoms with E-state index in [1.807, 2.05) is 6.92 Å². The highest BCUT2D eigenvalue weighted by Crippen LogP contribution is 2.25. The third-order valence-electron chi connectivity index (χ3n) is 3.42. The minimum absolute atomic E-state index is 0.0787. The van der Waals surface area contributed by atoms with Gasteiger partial charge in [0.2, 0.25) is 0 Å². The lowest BCUT2D eigenvalue weighted by molar-refractivity contribution is 0.0665. The summed E-state index contributed by atoms with van der Waals surface area (Å²) >= 11 is 11.6. The SMILES string of the molecule is CCNC(=O)N1CCN(C(=O)c2cc(F)c(Cl)cc2Cl)CC1. The van der Waals surface area contributed by atoms with E-state index in [4.69, 9.17) is 23.2 Å². The van der Waals surface area contributed by atoms with Gasteiger partial charge in [-0.15, -0.1) is 0 Å². The molecule has 0 bridgehead atoms. The predicted octanol–water partition coefficient (Wildman–Crippen LogP) is 2.62. The summed E-state index contributed by atoms with van der Waals surface area (Å²) in [6.45, 7) is 3.98. The Bertz CT molecular complexity index is 590. The van der Waals surface area contributed by atoms with Gasteiger partial charge in [-0.3, -0.25) is 4.79 Å². The molecule has 1 saturated heterocycles. The summed E-state index contributed by atoms with van der Waals surface area (Å²) in [6, 6.07) is 2.12. The maximum atomic E-state index is 13.5. The summed E-state index contributed by atoms with van der Waals surface area (Å²) in [7, 11) is 0. The topological polar surface area (TPSA) is 52.7 Å². The Morgan fingerprint density at radius 3 is 2.32 bits per heavy atom. The van der Waals surface area contributed by atoms with Gasteiger partial charge in [0.1, 0.15) is 5.82 Å². The molecule has 0 aliphatic carbocycles. The van der Waals surface area contributed by atoms with E-state index in [0.717, 1.165) is 6.07 Å². The molecule has 1 aliphatic rings. The lowest BCUT2D eigenvalue weighted by atomic mass is 10.1. The van der Waals surface area contributed by atoms with Crippen molar-refractivity contribution in [3.05, 3.63) is 33.6 Å². The largest absolute Gasteiger partial charge is 0.338 e. The van der Waals surface area contributed by atoms with Crippen LogP contribution in [0.4, 0.5) is 9.18 Å². The Kier molecular flexibility index (Phi) is 5.47. The fourth-order valence-corrected chi connectivity index (χ4v) is 2.70. The van der Waals surface area contributed by atoms with E-state index in [9.17, 15) is 14.0 Å². The van der Waals surface area contributed by atoms with Crippen molar-refractivity contribution in [3.63, 3.8) is 0 Å².